The molecule has 2 nitrogen and oxygen atoms in total. The van der Waals surface area contributed by atoms with Crippen LogP contribution in [0, 0.1) is 0 Å². The maximum atomic E-state index is 11.8. The molecule has 0 saturated carbocycles. The summed E-state index contributed by atoms with van der Waals surface area (Å²) in [5.41, 5.74) is 1.47. The number of hydrogen-bond acceptors (Lipinski definition) is 2. The van der Waals surface area contributed by atoms with Crippen LogP contribution in [-0.4, -0.2) is 48.6 Å². The van der Waals surface area contributed by atoms with E-state index in [-0.39, 0.29) is 35.3 Å². The zero-order valence-electron chi connectivity index (χ0n) is 11.5. The van der Waals surface area contributed by atoms with Crippen molar-refractivity contribution in [1.29, 1.82) is 0 Å². The van der Waals surface area contributed by atoms with Gasteiger partial charge in [-0.2, -0.15) is 0 Å². The van der Waals surface area contributed by atoms with E-state index in [1.165, 1.54) is 0 Å². The Kier molecular flexibility index (Phi) is 11.3. The predicted molar refractivity (Wildman–Crippen MR) is 85.6 cm³/mol. The topological polar surface area (TPSA) is 26.3 Å². The molecule has 0 aliphatic heterocycles. The molecule has 0 atom stereocenters. The molecule has 2 aromatic carbocycles. The summed E-state index contributed by atoms with van der Waals surface area (Å²) < 4.78 is 4.83. The molecule has 2 rings (SSSR count). The Morgan fingerprint density at radius 1 is 0.800 bits per heavy atom. The SMILES string of the molecule is CCOCC.O=C(c1ccccc1)c1ccccc1.[NaH]. The Morgan fingerprint density at radius 3 is 1.40 bits per heavy atom. The van der Waals surface area contributed by atoms with Crippen molar-refractivity contribution in [3.05, 3.63) is 71.8 Å². The van der Waals surface area contributed by atoms with E-state index in [1.54, 1.807) is 0 Å². The number of ketones is 1. The first-order valence-corrected chi connectivity index (χ1v) is 6.52. The number of rotatable bonds is 4. The normalized spacial score (nSPS) is 8.90. The Morgan fingerprint density at radius 2 is 1.15 bits per heavy atom. The third kappa shape index (κ3) is 7.01. The molecule has 0 unspecified atom stereocenters. The molecule has 2 aromatic rings. The molecule has 0 aliphatic rings. The van der Waals surface area contributed by atoms with Crippen molar-refractivity contribution in [1.82, 2.24) is 0 Å². The summed E-state index contributed by atoms with van der Waals surface area (Å²) in [6.45, 7) is 5.67. The molecule has 0 bridgehead atoms. The third-order valence-electron chi connectivity index (χ3n) is 2.48. The summed E-state index contributed by atoms with van der Waals surface area (Å²) in [7, 11) is 0. The van der Waals surface area contributed by atoms with E-state index in [1.807, 2.05) is 74.5 Å². The first-order valence-electron chi connectivity index (χ1n) is 6.52. The van der Waals surface area contributed by atoms with Crippen LogP contribution in [0.2, 0.25) is 0 Å². The zero-order chi connectivity index (χ0) is 13.9. The van der Waals surface area contributed by atoms with Gasteiger partial charge in [-0.05, 0) is 13.8 Å². The van der Waals surface area contributed by atoms with Crippen LogP contribution in [0.4, 0.5) is 0 Å². The van der Waals surface area contributed by atoms with Gasteiger partial charge in [-0.1, -0.05) is 60.7 Å². The monoisotopic (exact) mass is 280 g/mol. The van der Waals surface area contributed by atoms with Gasteiger partial charge in [0.25, 0.3) is 0 Å². The van der Waals surface area contributed by atoms with Crippen LogP contribution in [0.5, 0.6) is 0 Å². The van der Waals surface area contributed by atoms with Gasteiger partial charge in [-0.15, -0.1) is 0 Å². The van der Waals surface area contributed by atoms with Gasteiger partial charge in [0.15, 0.2) is 5.78 Å². The molecule has 0 fully saturated rings. The van der Waals surface area contributed by atoms with Crippen LogP contribution in [-0.2, 0) is 4.74 Å². The second kappa shape index (κ2) is 11.9. The van der Waals surface area contributed by atoms with Gasteiger partial charge in [-0.3, -0.25) is 4.79 Å². The van der Waals surface area contributed by atoms with Crippen LogP contribution < -0.4 is 0 Å². The number of carbonyl (C=O) groups excluding carboxylic acids is 1. The molecule has 0 aliphatic carbocycles. The van der Waals surface area contributed by atoms with E-state index in [0.717, 1.165) is 24.3 Å². The summed E-state index contributed by atoms with van der Waals surface area (Å²) in [5.74, 6) is 0.0752. The summed E-state index contributed by atoms with van der Waals surface area (Å²) in [6, 6.07) is 18.6. The first kappa shape index (κ1) is 19.1. The van der Waals surface area contributed by atoms with Crippen molar-refractivity contribution in [2.45, 2.75) is 13.8 Å². The van der Waals surface area contributed by atoms with E-state index in [2.05, 4.69) is 0 Å². The molecule has 0 saturated heterocycles. The minimum atomic E-state index is 0. The molecule has 0 N–H and O–H groups in total. The zero-order valence-corrected chi connectivity index (χ0v) is 11.5. The van der Waals surface area contributed by atoms with Gasteiger partial charge in [0.1, 0.15) is 0 Å². The molecule has 0 radical (unpaired) electrons. The maximum absolute atomic E-state index is 11.8. The van der Waals surface area contributed by atoms with Gasteiger partial charge in [0.2, 0.25) is 0 Å². The van der Waals surface area contributed by atoms with E-state index in [4.69, 9.17) is 4.74 Å². The van der Waals surface area contributed by atoms with Crippen molar-refractivity contribution in [3.63, 3.8) is 0 Å². The molecule has 0 amide bonds. The number of carbonyl (C=O) groups is 1. The quantitative estimate of drug-likeness (QED) is 0.634. The molecule has 0 heterocycles. The Labute approximate surface area is 143 Å². The Hall–Kier alpha value is -0.930. The summed E-state index contributed by atoms with van der Waals surface area (Å²) >= 11 is 0. The Bertz CT molecular complexity index is 425. The average Bonchev–Trinajstić information content (AvgIpc) is 2.50. The van der Waals surface area contributed by atoms with Crippen molar-refractivity contribution in [2.75, 3.05) is 13.2 Å². The van der Waals surface area contributed by atoms with E-state index in [9.17, 15) is 4.79 Å². The van der Waals surface area contributed by atoms with Crippen LogP contribution in [0.3, 0.4) is 0 Å². The second-order valence-electron chi connectivity index (χ2n) is 3.84. The Balaban J connectivity index is 0.000000526. The van der Waals surface area contributed by atoms with Crippen molar-refractivity contribution >= 4 is 35.3 Å². The van der Waals surface area contributed by atoms with E-state index >= 15 is 0 Å². The van der Waals surface area contributed by atoms with Gasteiger partial charge in [0.05, 0.1) is 0 Å². The van der Waals surface area contributed by atoms with Crippen molar-refractivity contribution in [3.8, 4) is 0 Å². The van der Waals surface area contributed by atoms with Gasteiger partial charge in [0, 0.05) is 24.3 Å². The standard InChI is InChI=1S/C13H10O.C4H10O.Na.H/c14-13(11-7-3-1-4-8-11)12-9-5-2-6-10-12;1-3-5-4-2;;/h1-10H;3-4H2,1-2H3;;. The summed E-state index contributed by atoms with van der Waals surface area (Å²) in [4.78, 5) is 11.8. The number of hydrogen-bond donors (Lipinski definition) is 0. The predicted octanol–water partition coefficient (Wildman–Crippen LogP) is 3.31. The van der Waals surface area contributed by atoms with Gasteiger partial charge in [-0.25, -0.2) is 0 Å². The molecule has 20 heavy (non-hydrogen) atoms. The van der Waals surface area contributed by atoms with Crippen LogP contribution in [0.25, 0.3) is 0 Å². The first-order chi connectivity index (χ1) is 9.29. The van der Waals surface area contributed by atoms with Crippen LogP contribution in [0.1, 0.15) is 29.8 Å². The molecule has 102 valence electrons. The van der Waals surface area contributed by atoms with Gasteiger partial charge >= 0.3 is 29.6 Å². The summed E-state index contributed by atoms with van der Waals surface area (Å²) in [5, 5.41) is 0. The second-order valence-corrected chi connectivity index (χ2v) is 3.84. The van der Waals surface area contributed by atoms with Crippen molar-refractivity contribution < 1.29 is 9.53 Å². The fraction of sp³-hybridized carbons (Fsp3) is 0.235. The number of benzene rings is 2. The molecular weight excluding hydrogens is 259 g/mol. The molecular formula is C17H21NaO2. The molecule has 0 aromatic heterocycles. The van der Waals surface area contributed by atoms with Gasteiger partial charge < -0.3 is 4.74 Å². The van der Waals surface area contributed by atoms with Crippen LogP contribution in [0.15, 0.2) is 60.7 Å². The molecule has 3 heteroatoms. The number of ether oxygens (including phenoxy) is 1. The van der Waals surface area contributed by atoms with Crippen LogP contribution >= 0.6 is 0 Å². The third-order valence-corrected chi connectivity index (χ3v) is 2.48. The average molecular weight is 280 g/mol. The van der Waals surface area contributed by atoms with Crippen molar-refractivity contribution in [2.24, 2.45) is 0 Å². The van der Waals surface area contributed by atoms with E-state index in [0.29, 0.717) is 0 Å². The van der Waals surface area contributed by atoms with E-state index < -0.39 is 0 Å². The molecule has 0 spiro atoms. The fourth-order valence-electron chi connectivity index (χ4n) is 1.55. The fourth-order valence-corrected chi connectivity index (χ4v) is 1.55. The minimum absolute atomic E-state index is 0. The summed E-state index contributed by atoms with van der Waals surface area (Å²) in [6.07, 6.45) is 0.